The zero-order valence-electron chi connectivity index (χ0n) is 10.5. The fraction of sp³-hybridized carbons (Fsp3) is 0.231. The van der Waals surface area contributed by atoms with Crippen LogP contribution in [-0.2, 0) is 4.74 Å². The molecule has 0 unspecified atom stereocenters. The summed E-state index contributed by atoms with van der Waals surface area (Å²) in [6.45, 7) is 3.54. The number of nitrogen functional groups attached to an aromatic ring is 1. The van der Waals surface area contributed by atoms with E-state index >= 15 is 0 Å². The molecule has 1 amide bonds. The second-order valence-corrected chi connectivity index (χ2v) is 3.86. The Hall–Kier alpha value is -2.30. The van der Waals surface area contributed by atoms with Crippen LogP contribution in [0.25, 0.3) is 0 Å². The van der Waals surface area contributed by atoms with Crippen molar-refractivity contribution in [1.82, 2.24) is 4.90 Å². The van der Waals surface area contributed by atoms with Crippen LogP contribution in [0, 0.1) is 0 Å². The van der Waals surface area contributed by atoms with Gasteiger partial charge >= 0.3 is 5.97 Å². The molecule has 0 aliphatic heterocycles. The van der Waals surface area contributed by atoms with Crippen molar-refractivity contribution >= 4 is 17.6 Å². The molecule has 5 nitrogen and oxygen atoms in total. The van der Waals surface area contributed by atoms with E-state index in [1.165, 1.54) is 17.0 Å². The van der Waals surface area contributed by atoms with Gasteiger partial charge in [-0.15, -0.1) is 0 Å². The minimum atomic E-state index is -0.590. The lowest BCUT2D eigenvalue weighted by Crippen LogP contribution is -2.25. The number of benzene rings is 1. The Morgan fingerprint density at radius 2 is 2.11 bits per heavy atom. The van der Waals surface area contributed by atoms with Crippen LogP contribution in [-0.4, -0.2) is 37.5 Å². The maximum absolute atomic E-state index is 12.0. The number of carbonyl (C=O) groups excluding carboxylic acids is 2. The minimum absolute atomic E-state index is 0.0865. The molecule has 1 aromatic carbocycles. The highest BCUT2D eigenvalue weighted by atomic mass is 16.5. The summed E-state index contributed by atoms with van der Waals surface area (Å²) in [7, 11) is 3.18. The highest BCUT2D eigenvalue weighted by molar-refractivity contribution is 6.08. The Labute approximate surface area is 106 Å². The van der Waals surface area contributed by atoms with Gasteiger partial charge in [-0.25, -0.2) is 4.79 Å². The van der Waals surface area contributed by atoms with E-state index in [4.69, 9.17) is 10.5 Å². The van der Waals surface area contributed by atoms with Gasteiger partial charge in [0.2, 0.25) is 0 Å². The van der Waals surface area contributed by atoms with Crippen LogP contribution < -0.4 is 5.73 Å². The molecule has 0 aliphatic carbocycles. The molecule has 0 aliphatic rings. The van der Waals surface area contributed by atoms with Crippen molar-refractivity contribution in [2.45, 2.75) is 0 Å². The quantitative estimate of drug-likeness (QED) is 0.495. The maximum atomic E-state index is 12.0. The molecule has 0 fully saturated rings. The predicted molar refractivity (Wildman–Crippen MR) is 69.4 cm³/mol. The Morgan fingerprint density at radius 1 is 1.44 bits per heavy atom. The lowest BCUT2D eigenvalue weighted by molar-refractivity contribution is 0.0544. The highest BCUT2D eigenvalue weighted by Crippen LogP contribution is 2.19. The van der Waals surface area contributed by atoms with Crippen molar-refractivity contribution in [2.24, 2.45) is 0 Å². The molecule has 0 heterocycles. The number of esters is 1. The molecule has 2 N–H and O–H groups in total. The maximum Gasteiger partial charge on any atom is 0.339 e. The van der Waals surface area contributed by atoms with E-state index in [0.717, 1.165) is 0 Å². The fourth-order valence-electron chi connectivity index (χ4n) is 1.41. The van der Waals surface area contributed by atoms with Crippen molar-refractivity contribution in [3.8, 4) is 0 Å². The summed E-state index contributed by atoms with van der Waals surface area (Å²) >= 11 is 0. The number of nitrogens with two attached hydrogens (primary N) is 1. The van der Waals surface area contributed by atoms with E-state index in [0.29, 0.717) is 0 Å². The zero-order chi connectivity index (χ0) is 13.7. The Kier molecular flexibility index (Phi) is 4.48. The molecule has 96 valence electrons. The topological polar surface area (TPSA) is 72.6 Å². The van der Waals surface area contributed by atoms with Gasteiger partial charge in [0.05, 0.1) is 11.1 Å². The fourth-order valence-corrected chi connectivity index (χ4v) is 1.41. The Balaban J connectivity index is 3.19. The lowest BCUT2D eigenvalue weighted by Gasteiger charge is -2.15. The standard InChI is InChI=1S/C13H16N2O3/c1-4-8-18-13(17)9-6-5-7-10(14)11(9)12(16)15(2)3/h4-7H,1,8,14H2,2-3H3. The summed E-state index contributed by atoms with van der Waals surface area (Å²) in [6.07, 6.45) is 1.46. The number of hydrogen-bond acceptors (Lipinski definition) is 4. The summed E-state index contributed by atoms with van der Waals surface area (Å²) in [6, 6.07) is 4.69. The third-order valence-electron chi connectivity index (χ3n) is 2.27. The first-order valence-electron chi connectivity index (χ1n) is 5.37. The largest absolute Gasteiger partial charge is 0.458 e. The molecule has 0 saturated carbocycles. The first-order chi connectivity index (χ1) is 8.49. The summed E-state index contributed by atoms with van der Waals surface area (Å²) in [4.78, 5) is 25.1. The van der Waals surface area contributed by atoms with Gasteiger partial charge in [-0.2, -0.15) is 0 Å². The van der Waals surface area contributed by atoms with Crippen LogP contribution in [0.4, 0.5) is 5.69 Å². The summed E-state index contributed by atoms with van der Waals surface area (Å²) < 4.78 is 4.92. The van der Waals surface area contributed by atoms with Crippen LogP contribution in [0.1, 0.15) is 20.7 Å². The molecule has 0 aromatic heterocycles. The van der Waals surface area contributed by atoms with Crippen molar-refractivity contribution in [3.05, 3.63) is 42.0 Å². The molecular formula is C13H16N2O3. The average molecular weight is 248 g/mol. The van der Waals surface area contributed by atoms with Gasteiger partial charge in [0.15, 0.2) is 0 Å². The average Bonchev–Trinajstić information content (AvgIpc) is 2.34. The van der Waals surface area contributed by atoms with E-state index in [1.807, 2.05) is 0 Å². The van der Waals surface area contributed by atoms with Gasteiger partial charge in [0, 0.05) is 19.8 Å². The second-order valence-electron chi connectivity index (χ2n) is 3.86. The minimum Gasteiger partial charge on any atom is -0.458 e. The molecule has 0 spiro atoms. The number of nitrogens with zero attached hydrogens (tertiary/aromatic N) is 1. The van der Waals surface area contributed by atoms with E-state index < -0.39 is 5.97 Å². The normalized spacial score (nSPS) is 9.67. The first-order valence-corrected chi connectivity index (χ1v) is 5.37. The molecule has 0 atom stereocenters. The van der Waals surface area contributed by atoms with Gasteiger partial charge in [-0.3, -0.25) is 4.79 Å². The van der Waals surface area contributed by atoms with Crippen molar-refractivity contribution in [2.75, 3.05) is 26.4 Å². The zero-order valence-corrected chi connectivity index (χ0v) is 10.5. The van der Waals surface area contributed by atoms with Crippen molar-refractivity contribution in [3.63, 3.8) is 0 Å². The Bertz CT molecular complexity index is 481. The molecule has 5 heteroatoms. The van der Waals surface area contributed by atoms with Crippen molar-refractivity contribution in [1.29, 1.82) is 0 Å². The molecule has 18 heavy (non-hydrogen) atoms. The number of anilines is 1. The third-order valence-corrected chi connectivity index (χ3v) is 2.27. The summed E-state index contributed by atoms with van der Waals surface area (Å²) in [5.74, 6) is -0.925. The summed E-state index contributed by atoms with van der Waals surface area (Å²) in [5.41, 5.74) is 6.33. The number of carbonyl (C=O) groups is 2. The van der Waals surface area contributed by atoms with Gasteiger partial charge in [-0.05, 0) is 12.1 Å². The van der Waals surface area contributed by atoms with E-state index in [1.54, 1.807) is 26.2 Å². The van der Waals surface area contributed by atoms with Crippen LogP contribution >= 0.6 is 0 Å². The molecular weight excluding hydrogens is 232 g/mol. The predicted octanol–water partition coefficient (Wildman–Crippen LogP) is 1.31. The monoisotopic (exact) mass is 248 g/mol. The van der Waals surface area contributed by atoms with Gasteiger partial charge < -0.3 is 15.4 Å². The van der Waals surface area contributed by atoms with Crippen LogP contribution in [0.3, 0.4) is 0 Å². The SMILES string of the molecule is C=CCOC(=O)c1cccc(N)c1C(=O)N(C)C. The second kappa shape index (κ2) is 5.86. The Morgan fingerprint density at radius 3 is 2.67 bits per heavy atom. The van der Waals surface area contributed by atoms with Crippen molar-refractivity contribution < 1.29 is 14.3 Å². The number of rotatable bonds is 4. The molecule has 1 aromatic rings. The number of hydrogen-bond donors (Lipinski definition) is 1. The lowest BCUT2D eigenvalue weighted by atomic mass is 10.0. The van der Waals surface area contributed by atoms with Crippen LogP contribution in [0.15, 0.2) is 30.9 Å². The first kappa shape index (κ1) is 13.8. The van der Waals surface area contributed by atoms with E-state index in [9.17, 15) is 9.59 Å². The molecule has 1 rings (SSSR count). The van der Waals surface area contributed by atoms with Crippen LogP contribution in [0.5, 0.6) is 0 Å². The van der Waals surface area contributed by atoms with Gasteiger partial charge in [0.25, 0.3) is 5.91 Å². The highest BCUT2D eigenvalue weighted by Gasteiger charge is 2.21. The van der Waals surface area contributed by atoms with E-state index in [2.05, 4.69) is 6.58 Å². The van der Waals surface area contributed by atoms with Crippen LogP contribution in [0.2, 0.25) is 0 Å². The molecule has 0 bridgehead atoms. The van der Waals surface area contributed by atoms with Gasteiger partial charge in [0.1, 0.15) is 6.61 Å². The molecule has 0 saturated heterocycles. The number of amides is 1. The summed E-state index contributed by atoms with van der Waals surface area (Å²) in [5, 5.41) is 0. The van der Waals surface area contributed by atoms with Gasteiger partial charge in [-0.1, -0.05) is 18.7 Å². The third kappa shape index (κ3) is 2.88. The van der Waals surface area contributed by atoms with E-state index in [-0.39, 0.29) is 29.3 Å². The number of ether oxygens (including phenoxy) is 1. The molecule has 0 radical (unpaired) electrons. The smallest absolute Gasteiger partial charge is 0.339 e.